The van der Waals surface area contributed by atoms with Gasteiger partial charge in [0.15, 0.2) is 0 Å². The second-order valence-electron chi connectivity index (χ2n) is 4.58. The van der Waals surface area contributed by atoms with Crippen molar-refractivity contribution in [3.05, 3.63) is 41.7 Å². The van der Waals surface area contributed by atoms with E-state index in [9.17, 15) is 0 Å². The molecule has 0 saturated heterocycles. The van der Waals surface area contributed by atoms with Gasteiger partial charge in [-0.05, 0) is 36.8 Å². The number of aromatic nitrogens is 2. The molecule has 5 heteroatoms. The van der Waals surface area contributed by atoms with E-state index in [-0.39, 0.29) is 0 Å². The van der Waals surface area contributed by atoms with Crippen LogP contribution in [0.5, 0.6) is 5.75 Å². The van der Waals surface area contributed by atoms with Crippen LogP contribution in [0, 0.1) is 6.92 Å². The minimum Gasteiger partial charge on any atom is -0.496 e. The summed E-state index contributed by atoms with van der Waals surface area (Å²) in [4.78, 5) is 0. The Morgan fingerprint density at radius 3 is 2.80 bits per heavy atom. The van der Waals surface area contributed by atoms with E-state index >= 15 is 0 Å². The normalized spacial score (nSPS) is 10.8. The van der Waals surface area contributed by atoms with Gasteiger partial charge in [0.25, 0.3) is 0 Å². The van der Waals surface area contributed by atoms with Gasteiger partial charge in [-0.3, -0.25) is 0 Å². The Labute approximate surface area is 119 Å². The van der Waals surface area contributed by atoms with Crippen LogP contribution in [-0.4, -0.2) is 37.2 Å². The molecule has 0 amide bonds. The molecule has 0 atom stereocenters. The molecular formula is C15H21N3O2. The molecule has 0 aliphatic heterocycles. The van der Waals surface area contributed by atoms with Crippen molar-refractivity contribution >= 4 is 0 Å². The van der Waals surface area contributed by atoms with Crippen LogP contribution >= 0.6 is 0 Å². The van der Waals surface area contributed by atoms with Crippen LogP contribution in [0.25, 0.3) is 5.69 Å². The highest BCUT2D eigenvalue weighted by molar-refractivity contribution is 5.43. The Hall–Kier alpha value is -1.85. The molecule has 0 bridgehead atoms. The van der Waals surface area contributed by atoms with Gasteiger partial charge < -0.3 is 14.8 Å². The highest BCUT2D eigenvalue weighted by atomic mass is 16.5. The van der Waals surface area contributed by atoms with Crippen molar-refractivity contribution in [3.8, 4) is 11.4 Å². The third-order valence-electron chi connectivity index (χ3n) is 3.08. The van der Waals surface area contributed by atoms with Gasteiger partial charge in [-0.25, -0.2) is 4.68 Å². The lowest BCUT2D eigenvalue weighted by molar-refractivity contribution is 0.199. The third-order valence-corrected chi connectivity index (χ3v) is 3.08. The summed E-state index contributed by atoms with van der Waals surface area (Å²) in [5.74, 6) is 0.891. The fourth-order valence-corrected chi connectivity index (χ4v) is 2.00. The predicted octanol–water partition coefficient (Wildman–Crippen LogP) is 1.93. The Morgan fingerprint density at radius 1 is 1.25 bits per heavy atom. The summed E-state index contributed by atoms with van der Waals surface area (Å²) in [6.45, 7) is 4.30. The number of methoxy groups -OCH3 is 2. The van der Waals surface area contributed by atoms with Gasteiger partial charge in [-0.2, -0.15) is 5.10 Å². The van der Waals surface area contributed by atoms with Gasteiger partial charge in [0.2, 0.25) is 0 Å². The van der Waals surface area contributed by atoms with E-state index < -0.39 is 0 Å². The topological polar surface area (TPSA) is 48.3 Å². The summed E-state index contributed by atoms with van der Waals surface area (Å²) in [6, 6.07) is 8.04. The molecule has 2 rings (SSSR count). The average Bonchev–Trinajstić information content (AvgIpc) is 2.92. The van der Waals surface area contributed by atoms with E-state index in [1.54, 1.807) is 14.2 Å². The second-order valence-corrected chi connectivity index (χ2v) is 4.58. The Bertz CT molecular complexity index is 552. The Morgan fingerprint density at radius 2 is 2.10 bits per heavy atom. The highest BCUT2D eigenvalue weighted by Gasteiger charge is 2.04. The zero-order valence-corrected chi connectivity index (χ0v) is 12.2. The molecule has 2 aromatic rings. The standard InChI is InChI=1S/C15H21N3O2/c1-12-10-14(4-5-15(12)20-3)18-8-6-13(17-18)11-16-7-9-19-2/h4-6,8,10,16H,7,9,11H2,1-3H3. The van der Waals surface area contributed by atoms with Crippen molar-refractivity contribution in [3.63, 3.8) is 0 Å². The molecule has 0 saturated carbocycles. The van der Waals surface area contributed by atoms with Crippen LogP contribution in [0.4, 0.5) is 0 Å². The monoisotopic (exact) mass is 275 g/mol. The quantitative estimate of drug-likeness (QED) is 0.784. The van der Waals surface area contributed by atoms with Crippen molar-refractivity contribution in [2.75, 3.05) is 27.4 Å². The molecular weight excluding hydrogens is 254 g/mol. The van der Waals surface area contributed by atoms with Crippen LogP contribution in [0.1, 0.15) is 11.3 Å². The number of aryl methyl sites for hydroxylation is 1. The molecule has 0 fully saturated rings. The molecule has 20 heavy (non-hydrogen) atoms. The molecule has 108 valence electrons. The summed E-state index contributed by atoms with van der Waals surface area (Å²) >= 11 is 0. The number of ether oxygens (including phenoxy) is 2. The van der Waals surface area contributed by atoms with E-state index in [0.29, 0.717) is 6.61 Å². The van der Waals surface area contributed by atoms with E-state index in [4.69, 9.17) is 9.47 Å². The third kappa shape index (κ3) is 3.59. The van der Waals surface area contributed by atoms with Crippen LogP contribution in [0.2, 0.25) is 0 Å². The lowest BCUT2D eigenvalue weighted by atomic mass is 10.2. The summed E-state index contributed by atoms with van der Waals surface area (Å²) in [5, 5.41) is 7.82. The van der Waals surface area contributed by atoms with Gasteiger partial charge in [0.05, 0.1) is 25.1 Å². The molecule has 1 heterocycles. The molecule has 0 spiro atoms. The van der Waals surface area contributed by atoms with Crippen LogP contribution in [-0.2, 0) is 11.3 Å². The lowest BCUT2D eigenvalue weighted by Gasteiger charge is -2.07. The van der Waals surface area contributed by atoms with Gasteiger partial charge >= 0.3 is 0 Å². The molecule has 0 aliphatic carbocycles. The van der Waals surface area contributed by atoms with Gasteiger partial charge in [-0.15, -0.1) is 0 Å². The molecule has 1 aromatic heterocycles. The zero-order chi connectivity index (χ0) is 14.4. The predicted molar refractivity (Wildman–Crippen MR) is 78.4 cm³/mol. The van der Waals surface area contributed by atoms with Crippen molar-refractivity contribution < 1.29 is 9.47 Å². The molecule has 1 aromatic carbocycles. The highest BCUT2D eigenvalue weighted by Crippen LogP contribution is 2.20. The number of nitrogens with zero attached hydrogens (tertiary/aromatic N) is 2. The summed E-state index contributed by atoms with van der Waals surface area (Å²) in [5.41, 5.74) is 3.14. The number of hydrogen-bond donors (Lipinski definition) is 1. The fourth-order valence-electron chi connectivity index (χ4n) is 2.00. The van der Waals surface area contributed by atoms with Gasteiger partial charge in [0, 0.05) is 26.4 Å². The molecule has 5 nitrogen and oxygen atoms in total. The number of rotatable bonds is 7. The van der Waals surface area contributed by atoms with E-state index in [0.717, 1.165) is 35.8 Å². The Balaban J connectivity index is 2.03. The number of benzene rings is 1. The van der Waals surface area contributed by atoms with Crippen molar-refractivity contribution in [2.45, 2.75) is 13.5 Å². The van der Waals surface area contributed by atoms with E-state index in [1.807, 2.05) is 36.0 Å². The average molecular weight is 275 g/mol. The smallest absolute Gasteiger partial charge is 0.121 e. The van der Waals surface area contributed by atoms with Crippen molar-refractivity contribution in [1.82, 2.24) is 15.1 Å². The maximum absolute atomic E-state index is 5.27. The van der Waals surface area contributed by atoms with Crippen LogP contribution in [0.15, 0.2) is 30.5 Å². The van der Waals surface area contributed by atoms with Crippen molar-refractivity contribution in [1.29, 1.82) is 0 Å². The first-order chi connectivity index (χ1) is 9.74. The van der Waals surface area contributed by atoms with Crippen LogP contribution < -0.4 is 10.1 Å². The van der Waals surface area contributed by atoms with Gasteiger partial charge in [-0.1, -0.05) is 0 Å². The lowest BCUT2D eigenvalue weighted by Crippen LogP contribution is -2.18. The van der Waals surface area contributed by atoms with Crippen LogP contribution in [0.3, 0.4) is 0 Å². The Kier molecular flexibility index (Phi) is 5.15. The molecule has 0 radical (unpaired) electrons. The van der Waals surface area contributed by atoms with E-state index in [2.05, 4.69) is 16.5 Å². The summed E-state index contributed by atoms with van der Waals surface area (Å²) in [6.07, 6.45) is 1.97. The first-order valence-electron chi connectivity index (χ1n) is 6.64. The molecule has 1 N–H and O–H groups in total. The maximum atomic E-state index is 5.27. The SMILES string of the molecule is COCCNCc1ccn(-c2ccc(OC)c(C)c2)n1. The van der Waals surface area contributed by atoms with Crippen molar-refractivity contribution in [2.24, 2.45) is 0 Å². The van der Waals surface area contributed by atoms with Gasteiger partial charge in [0.1, 0.15) is 5.75 Å². The molecule has 0 aliphatic rings. The number of nitrogens with one attached hydrogen (secondary N) is 1. The summed E-state index contributed by atoms with van der Waals surface area (Å²) < 4.78 is 12.1. The minimum atomic E-state index is 0.707. The minimum absolute atomic E-state index is 0.707. The first-order valence-corrected chi connectivity index (χ1v) is 6.64. The largest absolute Gasteiger partial charge is 0.496 e. The summed E-state index contributed by atoms with van der Waals surface area (Å²) in [7, 11) is 3.38. The number of hydrogen-bond acceptors (Lipinski definition) is 4. The molecule has 0 unspecified atom stereocenters. The second kappa shape index (κ2) is 7.07. The zero-order valence-electron chi connectivity index (χ0n) is 12.2. The first kappa shape index (κ1) is 14.6. The maximum Gasteiger partial charge on any atom is 0.121 e. The van der Waals surface area contributed by atoms with E-state index in [1.165, 1.54) is 0 Å². The fraction of sp³-hybridized carbons (Fsp3) is 0.400.